The maximum Gasteiger partial charge on any atom is 0.407 e. The molecule has 2 amide bonds. The van der Waals surface area contributed by atoms with E-state index in [1.54, 1.807) is 14.0 Å². The summed E-state index contributed by atoms with van der Waals surface area (Å²) >= 11 is 0. The molecule has 2 aliphatic heterocycles. The number of ether oxygens (including phenoxy) is 4. The molecule has 0 radical (unpaired) electrons. The van der Waals surface area contributed by atoms with E-state index < -0.39 is 0 Å². The number of carbonyl (C=O) groups excluding carboxylic acids is 2. The third-order valence-corrected chi connectivity index (χ3v) is 7.95. The van der Waals surface area contributed by atoms with Gasteiger partial charge in [-0.15, -0.1) is 0 Å². The molecule has 3 unspecified atom stereocenters. The second-order valence-corrected chi connectivity index (χ2v) is 10.7. The van der Waals surface area contributed by atoms with Gasteiger partial charge in [0.2, 0.25) is 5.91 Å². The molecule has 4 aliphatic rings. The van der Waals surface area contributed by atoms with Crippen molar-refractivity contribution >= 4 is 12.0 Å². The van der Waals surface area contributed by atoms with Crippen LogP contribution in [0.25, 0.3) is 0 Å². The molecular formula is C25H40N2O6. The fourth-order valence-corrected chi connectivity index (χ4v) is 6.08. The number of alkyl carbamates (subject to hydrolysis) is 1. The highest BCUT2D eigenvalue weighted by Crippen LogP contribution is 2.59. The predicted molar refractivity (Wildman–Crippen MR) is 123 cm³/mol. The van der Waals surface area contributed by atoms with Gasteiger partial charge in [0.05, 0.1) is 18.6 Å². The van der Waals surface area contributed by atoms with E-state index in [0.717, 1.165) is 38.5 Å². The van der Waals surface area contributed by atoms with Crippen LogP contribution in [0.3, 0.4) is 0 Å². The zero-order valence-corrected chi connectivity index (χ0v) is 20.6. The lowest BCUT2D eigenvalue weighted by molar-refractivity contribution is -0.120. The Labute approximate surface area is 197 Å². The van der Waals surface area contributed by atoms with Crippen LogP contribution in [0.1, 0.15) is 72.6 Å². The number of hydrogen-bond acceptors (Lipinski definition) is 6. The van der Waals surface area contributed by atoms with Gasteiger partial charge in [-0.1, -0.05) is 11.6 Å². The summed E-state index contributed by atoms with van der Waals surface area (Å²) in [5, 5.41) is 6.00. The Kier molecular flexibility index (Phi) is 7.08. The van der Waals surface area contributed by atoms with Crippen LogP contribution in [0.15, 0.2) is 11.6 Å². The van der Waals surface area contributed by atoms with Gasteiger partial charge in [-0.05, 0) is 65.7 Å². The summed E-state index contributed by atoms with van der Waals surface area (Å²) in [5.74, 6) is 0.0160. The van der Waals surface area contributed by atoms with E-state index >= 15 is 0 Å². The lowest BCUT2D eigenvalue weighted by atomic mass is 9.68. The van der Waals surface area contributed by atoms with E-state index in [2.05, 4.69) is 37.5 Å². The third kappa shape index (κ3) is 5.38. The fraction of sp³-hybridized carbons (Fsp3) is 0.840. The van der Waals surface area contributed by atoms with Crippen LogP contribution in [0.2, 0.25) is 0 Å². The summed E-state index contributed by atoms with van der Waals surface area (Å²) < 4.78 is 24.1. The van der Waals surface area contributed by atoms with Crippen molar-refractivity contribution in [1.82, 2.24) is 10.6 Å². The van der Waals surface area contributed by atoms with Crippen LogP contribution in [-0.2, 0) is 23.7 Å². The van der Waals surface area contributed by atoms with Crippen molar-refractivity contribution in [2.75, 3.05) is 13.7 Å². The van der Waals surface area contributed by atoms with Crippen LogP contribution in [-0.4, -0.2) is 67.3 Å². The number of carbonyl (C=O) groups is 2. The molecule has 1 spiro atoms. The molecule has 0 aromatic carbocycles. The Morgan fingerprint density at radius 1 is 1.06 bits per heavy atom. The molecule has 4 fully saturated rings. The van der Waals surface area contributed by atoms with Gasteiger partial charge in [-0.3, -0.25) is 4.79 Å². The quantitative estimate of drug-likeness (QED) is 0.443. The highest BCUT2D eigenvalue weighted by atomic mass is 16.6. The highest BCUT2D eigenvalue weighted by molar-refractivity contribution is 5.73. The lowest BCUT2D eigenvalue weighted by Crippen LogP contribution is -2.56. The van der Waals surface area contributed by atoms with Crippen LogP contribution in [0, 0.1) is 5.92 Å². The van der Waals surface area contributed by atoms with E-state index in [-0.39, 0.29) is 59.5 Å². The smallest absolute Gasteiger partial charge is 0.407 e. The zero-order chi connectivity index (χ0) is 23.8. The first-order valence-corrected chi connectivity index (χ1v) is 12.4. The Hall–Kier alpha value is -1.64. The molecule has 0 bridgehead atoms. The highest BCUT2D eigenvalue weighted by Gasteiger charge is 2.72. The summed E-state index contributed by atoms with van der Waals surface area (Å²) in [4.78, 5) is 24.0. The predicted octanol–water partition coefficient (Wildman–Crippen LogP) is 3.24. The first kappa shape index (κ1) is 24.5. The average Bonchev–Trinajstić information content (AvgIpc) is 3.66. The van der Waals surface area contributed by atoms with Crippen LogP contribution >= 0.6 is 0 Å². The van der Waals surface area contributed by atoms with Crippen molar-refractivity contribution in [3.63, 3.8) is 0 Å². The summed E-state index contributed by atoms with van der Waals surface area (Å²) in [6.07, 6.45) is 7.14. The first-order valence-electron chi connectivity index (χ1n) is 12.4. The zero-order valence-electron chi connectivity index (χ0n) is 20.6. The summed E-state index contributed by atoms with van der Waals surface area (Å²) in [7, 11) is 1.69. The number of nitrogens with one attached hydrogen (secondary N) is 2. The standard InChI is InChI=1S/C25H40N2O6/c1-15(2)6-11-20-24(4,33-20)22-21(30-5)19(12-13-25(22)14-31-25)32-23(29)27-18-9-7-17(8-10-18)26-16(3)28/h6,17-22H,7-14H2,1-5H3,(H,26,28)(H,27,29)/t17?,18?,19?,20-,21?,22?,24+,25+/m1/s1. The largest absolute Gasteiger partial charge is 0.443 e. The van der Waals surface area contributed by atoms with Gasteiger partial charge >= 0.3 is 6.09 Å². The maximum absolute atomic E-state index is 12.8. The van der Waals surface area contributed by atoms with E-state index in [4.69, 9.17) is 18.9 Å². The van der Waals surface area contributed by atoms with E-state index in [1.165, 1.54) is 5.57 Å². The van der Waals surface area contributed by atoms with Crippen molar-refractivity contribution in [3.05, 3.63) is 11.6 Å². The van der Waals surface area contributed by atoms with E-state index in [1.807, 2.05) is 0 Å². The molecule has 2 N–H and O–H groups in total. The van der Waals surface area contributed by atoms with Crippen molar-refractivity contribution in [2.45, 2.75) is 114 Å². The Morgan fingerprint density at radius 3 is 2.24 bits per heavy atom. The van der Waals surface area contributed by atoms with Gasteiger partial charge < -0.3 is 29.6 Å². The SMILES string of the molecule is COC1C(OC(=O)NC2CCC(NC(C)=O)CC2)CC[C@]2(CO2)C1[C@@]1(C)O[C@@H]1CC=C(C)C. The molecule has 186 valence electrons. The Balaban J connectivity index is 1.34. The maximum atomic E-state index is 12.8. The molecule has 33 heavy (non-hydrogen) atoms. The molecule has 4 rings (SSSR count). The molecular weight excluding hydrogens is 424 g/mol. The van der Waals surface area contributed by atoms with Crippen LogP contribution in [0.5, 0.6) is 0 Å². The van der Waals surface area contributed by atoms with Gasteiger partial charge in [0.25, 0.3) is 0 Å². The Bertz CT molecular complexity index is 769. The van der Waals surface area contributed by atoms with Gasteiger partial charge in [-0.25, -0.2) is 4.79 Å². The number of amides is 2. The normalized spacial score (nSPS) is 41.7. The third-order valence-electron chi connectivity index (χ3n) is 7.95. The molecule has 0 aromatic rings. The lowest BCUT2D eigenvalue weighted by Gasteiger charge is -2.42. The molecule has 0 aromatic heterocycles. The van der Waals surface area contributed by atoms with E-state index in [0.29, 0.717) is 13.0 Å². The monoisotopic (exact) mass is 464 g/mol. The molecule has 2 heterocycles. The minimum Gasteiger partial charge on any atom is -0.443 e. The number of methoxy groups -OCH3 is 1. The average molecular weight is 465 g/mol. The van der Waals surface area contributed by atoms with Crippen LogP contribution < -0.4 is 10.6 Å². The van der Waals surface area contributed by atoms with Crippen LogP contribution in [0.4, 0.5) is 4.79 Å². The molecule has 2 saturated heterocycles. The van der Waals surface area contributed by atoms with Crippen molar-refractivity contribution < 1.29 is 28.5 Å². The van der Waals surface area contributed by atoms with Crippen molar-refractivity contribution in [3.8, 4) is 0 Å². The summed E-state index contributed by atoms with van der Waals surface area (Å²) in [5.41, 5.74) is 0.707. The molecule has 2 saturated carbocycles. The molecule has 8 heteroatoms. The number of allylic oxidation sites excluding steroid dienone is 1. The number of hydrogen-bond donors (Lipinski definition) is 2. The molecule has 6 atom stereocenters. The topological polar surface area (TPSA) is 102 Å². The first-order chi connectivity index (χ1) is 15.7. The number of rotatable bonds is 7. The van der Waals surface area contributed by atoms with Gasteiger partial charge in [0, 0.05) is 26.1 Å². The van der Waals surface area contributed by atoms with Crippen molar-refractivity contribution in [1.29, 1.82) is 0 Å². The Morgan fingerprint density at radius 2 is 1.70 bits per heavy atom. The van der Waals surface area contributed by atoms with Crippen molar-refractivity contribution in [2.24, 2.45) is 5.92 Å². The number of epoxide rings is 2. The fourth-order valence-electron chi connectivity index (χ4n) is 6.08. The van der Waals surface area contributed by atoms with E-state index in [9.17, 15) is 9.59 Å². The second kappa shape index (κ2) is 9.55. The summed E-state index contributed by atoms with van der Waals surface area (Å²) in [6.45, 7) is 8.59. The molecule has 2 aliphatic carbocycles. The minimum atomic E-state index is -0.389. The second-order valence-electron chi connectivity index (χ2n) is 10.7. The summed E-state index contributed by atoms with van der Waals surface area (Å²) in [6, 6.07) is 0.264. The van der Waals surface area contributed by atoms with Gasteiger partial charge in [-0.2, -0.15) is 0 Å². The minimum absolute atomic E-state index is 0.00267. The van der Waals surface area contributed by atoms with Gasteiger partial charge in [0.15, 0.2) is 0 Å². The van der Waals surface area contributed by atoms with Gasteiger partial charge in [0.1, 0.15) is 23.4 Å². The molecule has 8 nitrogen and oxygen atoms in total.